The second-order valence-electron chi connectivity index (χ2n) is 5.43. The molecule has 2 atom stereocenters. The quantitative estimate of drug-likeness (QED) is 0.805. The Morgan fingerprint density at radius 2 is 2.19 bits per heavy atom. The highest BCUT2D eigenvalue weighted by atomic mass is 19.1. The van der Waals surface area contributed by atoms with Crippen LogP contribution in [0.1, 0.15) is 31.7 Å². The molecule has 0 amide bonds. The molecule has 1 fully saturated rings. The van der Waals surface area contributed by atoms with Crippen molar-refractivity contribution in [2.24, 2.45) is 11.1 Å². The summed E-state index contributed by atoms with van der Waals surface area (Å²) in [7, 11) is 0. The largest absolute Gasteiger partial charge is 0.458 e. The standard InChI is InChI=1S/C15H15F2NO3/c1-9-11-4-3-7-15(11,21-18-9)14(19)20-8-10-12(16)5-2-6-13(10)17/h2,5-6,11H,3-4,7-8H2,1H3. The lowest BCUT2D eigenvalue weighted by Gasteiger charge is -2.24. The predicted octanol–water partition coefficient (Wildman–Crippen LogP) is 2.95. The van der Waals surface area contributed by atoms with Gasteiger partial charge in [-0.25, -0.2) is 13.6 Å². The SMILES string of the molecule is CC1=NOC2(C(=O)OCc3c(F)cccc3F)CCCC12. The average molecular weight is 295 g/mol. The van der Waals surface area contributed by atoms with E-state index >= 15 is 0 Å². The van der Waals surface area contributed by atoms with Crippen LogP contribution in [0.3, 0.4) is 0 Å². The first-order valence-corrected chi connectivity index (χ1v) is 6.87. The van der Waals surface area contributed by atoms with Crippen molar-refractivity contribution >= 4 is 11.7 Å². The molecule has 0 spiro atoms. The normalized spacial score (nSPS) is 27.0. The van der Waals surface area contributed by atoms with Gasteiger partial charge in [-0.1, -0.05) is 11.2 Å². The van der Waals surface area contributed by atoms with Crippen LogP contribution in [0.25, 0.3) is 0 Å². The molecule has 6 heteroatoms. The number of ether oxygens (including phenoxy) is 1. The molecule has 0 bridgehead atoms. The number of fused-ring (bicyclic) bond motifs is 1. The summed E-state index contributed by atoms with van der Waals surface area (Å²) >= 11 is 0. The van der Waals surface area contributed by atoms with Gasteiger partial charge in [0.25, 0.3) is 0 Å². The second-order valence-corrected chi connectivity index (χ2v) is 5.43. The van der Waals surface area contributed by atoms with Gasteiger partial charge in [0.05, 0.1) is 17.2 Å². The van der Waals surface area contributed by atoms with Crippen molar-refractivity contribution < 1.29 is 23.1 Å². The Bertz CT molecular complexity index is 597. The number of halogens is 2. The number of carbonyl (C=O) groups is 1. The highest BCUT2D eigenvalue weighted by molar-refractivity contribution is 5.95. The molecular formula is C15H15F2NO3. The van der Waals surface area contributed by atoms with Crippen molar-refractivity contribution in [2.45, 2.75) is 38.4 Å². The van der Waals surface area contributed by atoms with Gasteiger partial charge in [-0.15, -0.1) is 0 Å². The third-order valence-corrected chi connectivity index (χ3v) is 4.22. The smallest absolute Gasteiger partial charge is 0.354 e. The van der Waals surface area contributed by atoms with Gasteiger partial charge < -0.3 is 9.57 Å². The van der Waals surface area contributed by atoms with Crippen LogP contribution >= 0.6 is 0 Å². The van der Waals surface area contributed by atoms with Crippen LogP contribution in [-0.4, -0.2) is 17.3 Å². The van der Waals surface area contributed by atoms with Crippen molar-refractivity contribution in [1.29, 1.82) is 0 Å². The molecule has 2 aliphatic rings. The van der Waals surface area contributed by atoms with Crippen LogP contribution in [0.5, 0.6) is 0 Å². The van der Waals surface area contributed by atoms with E-state index in [-0.39, 0.29) is 11.5 Å². The Morgan fingerprint density at radius 1 is 1.48 bits per heavy atom. The molecular weight excluding hydrogens is 280 g/mol. The van der Waals surface area contributed by atoms with Gasteiger partial charge >= 0.3 is 5.97 Å². The fourth-order valence-corrected chi connectivity index (χ4v) is 3.06. The maximum Gasteiger partial charge on any atom is 0.354 e. The lowest BCUT2D eigenvalue weighted by Crippen LogP contribution is -2.43. The van der Waals surface area contributed by atoms with E-state index in [0.717, 1.165) is 30.7 Å². The summed E-state index contributed by atoms with van der Waals surface area (Å²) in [6.07, 6.45) is 2.15. The zero-order valence-corrected chi connectivity index (χ0v) is 11.6. The molecule has 1 aromatic carbocycles. The molecule has 1 aromatic rings. The summed E-state index contributed by atoms with van der Waals surface area (Å²) in [6, 6.07) is 3.52. The van der Waals surface area contributed by atoms with Gasteiger partial charge in [-0.05, 0) is 31.9 Å². The van der Waals surface area contributed by atoms with E-state index in [9.17, 15) is 13.6 Å². The minimum atomic E-state index is -1.11. The van der Waals surface area contributed by atoms with Crippen LogP contribution in [0.2, 0.25) is 0 Å². The van der Waals surface area contributed by atoms with E-state index < -0.39 is 29.8 Å². The minimum Gasteiger partial charge on any atom is -0.458 e. The van der Waals surface area contributed by atoms with Crippen molar-refractivity contribution in [3.63, 3.8) is 0 Å². The molecule has 0 N–H and O–H groups in total. The number of esters is 1. The number of benzene rings is 1. The molecule has 4 nitrogen and oxygen atoms in total. The number of oxime groups is 1. The van der Waals surface area contributed by atoms with Crippen LogP contribution in [-0.2, 0) is 21.0 Å². The number of nitrogens with zero attached hydrogens (tertiary/aromatic N) is 1. The average Bonchev–Trinajstić information content (AvgIpc) is 3.00. The van der Waals surface area contributed by atoms with E-state index in [0.29, 0.717) is 6.42 Å². The molecule has 2 unspecified atom stereocenters. The zero-order chi connectivity index (χ0) is 15.0. The maximum absolute atomic E-state index is 13.5. The van der Waals surface area contributed by atoms with E-state index in [1.807, 2.05) is 6.92 Å². The summed E-state index contributed by atoms with van der Waals surface area (Å²) in [6.45, 7) is 1.36. The Hall–Kier alpha value is -1.98. The Morgan fingerprint density at radius 3 is 2.90 bits per heavy atom. The number of hydrogen-bond donors (Lipinski definition) is 0. The van der Waals surface area contributed by atoms with Gasteiger partial charge in [0.2, 0.25) is 5.60 Å². The van der Waals surface area contributed by atoms with E-state index in [1.54, 1.807) is 0 Å². The van der Waals surface area contributed by atoms with Gasteiger partial charge in [0, 0.05) is 6.42 Å². The Kier molecular flexibility index (Phi) is 3.39. The van der Waals surface area contributed by atoms with Gasteiger partial charge in [0.15, 0.2) is 0 Å². The molecule has 112 valence electrons. The summed E-state index contributed by atoms with van der Waals surface area (Å²) in [4.78, 5) is 17.6. The third-order valence-electron chi connectivity index (χ3n) is 4.22. The lowest BCUT2D eigenvalue weighted by atomic mass is 9.88. The molecule has 3 rings (SSSR count). The summed E-state index contributed by atoms with van der Waals surface area (Å²) in [5.74, 6) is -2.17. The minimum absolute atomic E-state index is 0.101. The molecule has 0 saturated heterocycles. The first-order valence-electron chi connectivity index (χ1n) is 6.87. The fourth-order valence-electron chi connectivity index (χ4n) is 3.06. The highest BCUT2D eigenvalue weighted by Crippen LogP contribution is 2.44. The number of carbonyl (C=O) groups excluding carboxylic acids is 1. The van der Waals surface area contributed by atoms with Crippen molar-refractivity contribution in [2.75, 3.05) is 0 Å². The van der Waals surface area contributed by atoms with Crippen LogP contribution < -0.4 is 0 Å². The Balaban J connectivity index is 1.73. The van der Waals surface area contributed by atoms with Gasteiger partial charge in [0.1, 0.15) is 18.2 Å². The van der Waals surface area contributed by atoms with Crippen molar-refractivity contribution in [3.8, 4) is 0 Å². The van der Waals surface area contributed by atoms with Crippen molar-refractivity contribution in [1.82, 2.24) is 0 Å². The van der Waals surface area contributed by atoms with Crippen LogP contribution in [0.4, 0.5) is 8.78 Å². The van der Waals surface area contributed by atoms with E-state index in [2.05, 4.69) is 5.16 Å². The topological polar surface area (TPSA) is 47.9 Å². The molecule has 1 aliphatic carbocycles. The predicted molar refractivity (Wildman–Crippen MR) is 70.4 cm³/mol. The number of hydrogen-bond acceptors (Lipinski definition) is 4. The summed E-state index contributed by atoms with van der Waals surface area (Å²) < 4.78 is 32.2. The monoisotopic (exact) mass is 295 g/mol. The second kappa shape index (κ2) is 5.09. The van der Waals surface area contributed by atoms with Gasteiger partial charge in [-0.2, -0.15) is 0 Å². The molecule has 21 heavy (non-hydrogen) atoms. The maximum atomic E-state index is 13.5. The van der Waals surface area contributed by atoms with Crippen LogP contribution in [0, 0.1) is 17.6 Å². The van der Waals surface area contributed by atoms with E-state index in [4.69, 9.17) is 9.57 Å². The lowest BCUT2D eigenvalue weighted by molar-refractivity contribution is -0.173. The number of rotatable bonds is 3. The molecule has 0 radical (unpaired) electrons. The summed E-state index contributed by atoms with van der Waals surface area (Å²) in [5, 5.41) is 3.87. The zero-order valence-electron chi connectivity index (χ0n) is 11.6. The Labute approximate surface area is 120 Å². The van der Waals surface area contributed by atoms with Gasteiger partial charge in [-0.3, -0.25) is 0 Å². The summed E-state index contributed by atoms with van der Waals surface area (Å²) in [5.41, 5.74) is -0.597. The van der Waals surface area contributed by atoms with Crippen molar-refractivity contribution in [3.05, 3.63) is 35.4 Å². The molecule has 0 aromatic heterocycles. The first kappa shape index (κ1) is 14.0. The molecule has 1 aliphatic heterocycles. The molecule has 1 saturated carbocycles. The fraction of sp³-hybridized carbons (Fsp3) is 0.467. The van der Waals surface area contributed by atoms with Crippen LogP contribution in [0.15, 0.2) is 23.4 Å². The first-order chi connectivity index (χ1) is 10.0. The molecule has 1 heterocycles. The third kappa shape index (κ3) is 2.18. The highest BCUT2D eigenvalue weighted by Gasteiger charge is 2.57. The van der Waals surface area contributed by atoms with E-state index in [1.165, 1.54) is 6.07 Å².